The van der Waals surface area contributed by atoms with Gasteiger partial charge in [-0.05, 0) is 63.0 Å². The van der Waals surface area contributed by atoms with Gasteiger partial charge in [0.2, 0.25) is 0 Å². The number of fused-ring (bicyclic) bond motifs is 1. The van der Waals surface area contributed by atoms with Crippen molar-refractivity contribution in [2.45, 2.75) is 39.7 Å². The van der Waals surface area contributed by atoms with Gasteiger partial charge < -0.3 is 14.5 Å². The molecule has 0 unspecified atom stereocenters. The maximum Gasteiger partial charge on any atom is 0.254 e. The SMILES string of the molecule is CCN(C)CCc1cc2c(c(-c3cn(C)nc3C)c1)CCN([C@@H](C)c1cc(OC)c(F)cn1)C2=O. The summed E-state index contributed by atoms with van der Waals surface area (Å²) in [5.74, 6) is -0.419. The highest BCUT2D eigenvalue weighted by molar-refractivity contribution is 5.99. The summed E-state index contributed by atoms with van der Waals surface area (Å²) in [6.45, 7) is 8.50. The van der Waals surface area contributed by atoms with Crippen LogP contribution in [0.2, 0.25) is 0 Å². The number of amides is 1. The summed E-state index contributed by atoms with van der Waals surface area (Å²) in [6.07, 6.45) is 4.76. The fraction of sp³-hybridized carbons (Fsp3) is 0.444. The second kappa shape index (κ2) is 10.2. The Labute approximate surface area is 206 Å². The number of hydrogen-bond donors (Lipinski definition) is 0. The molecule has 0 radical (unpaired) electrons. The first-order valence-corrected chi connectivity index (χ1v) is 12.1. The quantitative estimate of drug-likeness (QED) is 0.485. The fourth-order valence-corrected chi connectivity index (χ4v) is 4.76. The van der Waals surface area contributed by atoms with Crippen LogP contribution in [0, 0.1) is 12.7 Å². The number of carbonyl (C=O) groups is 1. The molecular formula is C27H34FN5O2. The van der Waals surface area contributed by atoms with E-state index in [0.29, 0.717) is 12.2 Å². The fourth-order valence-electron chi connectivity index (χ4n) is 4.76. The number of rotatable bonds is 8. The number of nitrogens with zero attached hydrogens (tertiary/aromatic N) is 5. The topological polar surface area (TPSA) is 63.5 Å². The lowest BCUT2D eigenvalue weighted by Crippen LogP contribution is -2.40. The summed E-state index contributed by atoms with van der Waals surface area (Å²) in [4.78, 5) is 22.2. The maximum absolute atomic E-state index is 13.9. The first-order chi connectivity index (χ1) is 16.7. The molecule has 4 rings (SSSR count). The van der Waals surface area contributed by atoms with Crippen LogP contribution in [-0.2, 0) is 19.9 Å². The van der Waals surface area contributed by atoms with Crippen molar-refractivity contribution in [2.75, 3.05) is 33.8 Å². The Morgan fingerprint density at radius 2 is 1.97 bits per heavy atom. The Kier molecular flexibility index (Phi) is 7.21. The standard InChI is InChI=1S/C27H34FN5O2/c1-7-31(4)10-8-19-12-21(23-16-32(5)30-17(23)2)20-9-11-33(27(34)22(20)13-19)18(3)25-14-26(35-6)24(28)15-29-25/h12-16,18H,7-11H2,1-6H3/t18-/m0/s1. The summed E-state index contributed by atoms with van der Waals surface area (Å²) in [5, 5.41) is 4.54. The molecule has 1 atom stereocenters. The van der Waals surface area contributed by atoms with Gasteiger partial charge in [-0.25, -0.2) is 4.39 Å². The van der Waals surface area contributed by atoms with Gasteiger partial charge in [-0.1, -0.05) is 13.0 Å². The smallest absolute Gasteiger partial charge is 0.254 e. The highest BCUT2D eigenvalue weighted by Crippen LogP contribution is 2.36. The molecule has 3 heterocycles. The molecule has 0 spiro atoms. The Bertz CT molecular complexity index is 1240. The van der Waals surface area contributed by atoms with Crippen LogP contribution < -0.4 is 4.74 Å². The van der Waals surface area contributed by atoms with E-state index in [4.69, 9.17) is 4.74 Å². The largest absolute Gasteiger partial charge is 0.494 e. The van der Waals surface area contributed by atoms with Crippen LogP contribution in [-0.4, -0.2) is 64.3 Å². The molecule has 0 aliphatic carbocycles. The molecular weight excluding hydrogens is 445 g/mol. The van der Waals surface area contributed by atoms with E-state index < -0.39 is 5.82 Å². The lowest BCUT2D eigenvalue weighted by Gasteiger charge is -2.34. The summed E-state index contributed by atoms with van der Waals surface area (Å²) >= 11 is 0. The van der Waals surface area contributed by atoms with Crippen LogP contribution in [0.5, 0.6) is 5.75 Å². The number of pyridine rings is 1. The van der Waals surface area contributed by atoms with Crippen molar-refractivity contribution in [3.8, 4) is 16.9 Å². The molecule has 8 heteroatoms. The third-order valence-electron chi connectivity index (χ3n) is 6.99. The van der Waals surface area contributed by atoms with Crippen LogP contribution in [0.25, 0.3) is 11.1 Å². The second-order valence-electron chi connectivity index (χ2n) is 9.29. The molecule has 35 heavy (non-hydrogen) atoms. The summed E-state index contributed by atoms with van der Waals surface area (Å²) in [7, 11) is 5.44. The van der Waals surface area contributed by atoms with Gasteiger partial charge in [0.25, 0.3) is 5.91 Å². The lowest BCUT2D eigenvalue weighted by atomic mass is 9.87. The first kappa shape index (κ1) is 24.9. The predicted molar refractivity (Wildman–Crippen MR) is 134 cm³/mol. The van der Waals surface area contributed by atoms with Crippen molar-refractivity contribution >= 4 is 5.91 Å². The number of aromatic nitrogens is 3. The molecule has 0 N–H and O–H groups in total. The van der Waals surface area contributed by atoms with Gasteiger partial charge in [0.15, 0.2) is 11.6 Å². The van der Waals surface area contributed by atoms with Gasteiger partial charge in [-0.2, -0.15) is 5.10 Å². The van der Waals surface area contributed by atoms with E-state index in [-0.39, 0.29) is 17.7 Å². The summed E-state index contributed by atoms with van der Waals surface area (Å²) < 4.78 is 20.9. The van der Waals surface area contributed by atoms with Gasteiger partial charge in [0.1, 0.15) is 0 Å². The van der Waals surface area contributed by atoms with Crippen molar-refractivity contribution in [1.29, 1.82) is 0 Å². The van der Waals surface area contributed by atoms with E-state index in [0.717, 1.165) is 65.6 Å². The maximum atomic E-state index is 13.9. The van der Waals surface area contributed by atoms with E-state index in [1.54, 1.807) is 6.07 Å². The monoisotopic (exact) mass is 479 g/mol. The number of halogens is 1. The summed E-state index contributed by atoms with van der Waals surface area (Å²) in [5.41, 5.74) is 6.62. The van der Waals surface area contributed by atoms with Gasteiger partial charge in [0.05, 0.1) is 30.7 Å². The third-order valence-corrected chi connectivity index (χ3v) is 6.99. The third kappa shape index (κ3) is 4.93. The average Bonchev–Trinajstić information content (AvgIpc) is 3.19. The van der Waals surface area contributed by atoms with Crippen LogP contribution in [0.4, 0.5) is 4.39 Å². The van der Waals surface area contributed by atoms with E-state index in [1.807, 2.05) is 42.7 Å². The molecule has 2 aromatic heterocycles. The zero-order chi connectivity index (χ0) is 25.3. The van der Waals surface area contributed by atoms with Crippen LogP contribution >= 0.6 is 0 Å². The highest BCUT2D eigenvalue weighted by atomic mass is 19.1. The van der Waals surface area contributed by atoms with Crippen molar-refractivity contribution < 1.29 is 13.9 Å². The number of aryl methyl sites for hydroxylation is 2. The van der Waals surface area contributed by atoms with Crippen LogP contribution in [0.3, 0.4) is 0 Å². The number of ether oxygens (including phenoxy) is 1. The molecule has 3 aromatic rings. The Morgan fingerprint density at radius 1 is 1.23 bits per heavy atom. The average molecular weight is 480 g/mol. The zero-order valence-electron chi connectivity index (χ0n) is 21.4. The molecule has 1 aliphatic rings. The lowest BCUT2D eigenvalue weighted by molar-refractivity contribution is 0.0669. The van der Waals surface area contributed by atoms with Crippen molar-refractivity contribution in [3.05, 3.63) is 64.5 Å². The number of likely N-dealkylation sites (N-methyl/N-ethyl adjacent to an activating group) is 1. The van der Waals surface area contributed by atoms with E-state index in [2.05, 4.69) is 35.0 Å². The van der Waals surface area contributed by atoms with E-state index in [9.17, 15) is 9.18 Å². The molecule has 7 nitrogen and oxygen atoms in total. The minimum atomic E-state index is -0.517. The van der Waals surface area contributed by atoms with Gasteiger partial charge in [0, 0.05) is 43.5 Å². The molecule has 1 aliphatic heterocycles. The van der Waals surface area contributed by atoms with Crippen molar-refractivity contribution in [3.63, 3.8) is 0 Å². The summed E-state index contributed by atoms with van der Waals surface area (Å²) in [6, 6.07) is 5.53. The first-order valence-electron chi connectivity index (χ1n) is 12.1. The molecule has 0 fully saturated rings. The highest BCUT2D eigenvalue weighted by Gasteiger charge is 2.32. The van der Waals surface area contributed by atoms with Gasteiger partial charge >= 0.3 is 0 Å². The zero-order valence-corrected chi connectivity index (χ0v) is 21.4. The molecule has 0 saturated carbocycles. The Morgan fingerprint density at radius 3 is 2.63 bits per heavy atom. The number of carbonyl (C=O) groups excluding carboxylic acids is 1. The number of methoxy groups -OCH3 is 1. The molecule has 186 valence electrons. The molecule has 0 saturated heterocycles. The predicted octanol–water partition coefficient (Wildman–Crippen LogP) is 4.19. The molecule has 1 aromatic carbocycles. The van der Waals surface area contributed by atoms with Crippen LogP contribution in [0.1, 0.15) is 52.8 Å². The van der Waals surface area contributed by atoms with Crippen molar-refractivity contribution in [2.24, 2.45) is 7.05 Å². The molecule has 0 bridgehead atoms. The minimum absolute atomic E-state index is 0.0302. The van der Waals surface area contributed by atoms with Crippen molar-refractivity contribution in [1.82, 2.24) is 24.6 Å². The van der Waals surface area contributed by atoms with Gasteiger partial charge in [-0.15, -0.1) is 0 Å². The second-order valence-corrected chi connectivity index (χ2v) is 9.29. The normalized spacial score (nSPS) is 14.4. The van der Waals surface area contributed by atoms with Gasteiger partial charge in [-0.3, -0.25) is 14.5 Å². The van der Waals surface area contributed by atoms with E-state index in [1.165, 1.54) is 7.11 Å². The number of benzene rings is 1. The Balaban J connectivity index is 1.74. The molecule has 1 amide bonds. The Hall–Kier alpha value is -3.26. The van der Waals surface area contributed by atoms with E-state index >= 15 is 0 Å². The number of hydrogen-bond acceptors (Lipinski definition) is 5. The minimum Gasteiger partial charge on any atom is -0.494 e. The van der Waals surface area contributed by atoms with Crippen LogP contribution in [0.15, 0.2) is 30.6 Å².